The Morgan fingerprint density at radius 1 is 1.18 bits per heavy atom. The first-order chi connectivity index (χ1) is 8.22. The second kappa shape index (κ2) is 4.82. The van der Waals surface area contributed by atoms with E-state index in [0.717, 1.165) is 8.66 Å². The van der Waals surface area contributed by atoms with Crippen molar-refractivity contribution in [1.82, 2.24) is 0 Å². The van der Waals surface area contributed by atoms with Crippen LogP contribution in [0.2, 0.25) is 0 Å². The maximum atomic E-state index is 10.2. The summed E-state index contributed by atoms with van der Waals surface area (Å²) in [6.45, 7) is 0. The standard InChI is InChI=1S/C12H9BrOS3/c13-12-2-1-7(16-12)5-8(14)10-6-11-9(17-10)3-4-15-11/h1-4,6,8,14H,5H2. The van der Waals surface area contributed by atoms with Crippen LogP contribution >= 0.6 is 49.9 Å². The largest absolute Gasteiger partial charge is 0.387 e. The summed E-state index contributed by atoms with van der Waals surface area (Å²) in [5, 5.41) is 12.3. The third-order valence-corrected chi connectivity index (χ3v) is 6.35. The Bertz CT molecular complexity index is 608. The van der Waals surface area contributed by atoms with E-state index in [1.807, 2.05) is 6.07 Å². The molecule has 5 heteroatoms. The van der Waals surface area contributed by atoms with Crippen LogP contribution in [0.4, 0.5) is 0 Å². The summed E-state index contributed by atoms with van der Waals surface area (Å²) in [7, 11) is 0. The predicted octanol–water partition coefficient (Wildman–Crippen LogP) is 5.06. The molecule has 1 N–H and O–H groups in total. The fraction of sp³-hybridized carbons (Fsp3) is 0.167. The first-order valence-electron chi connectivity index (χ1n) is 5.11. The molecule has 3 aromatic heterocycles. The maximum Gasteiger partial charge on any atom is 0.0930 e. The SMILES string of the molecule is OC(Cc1ccc(Br)s1)c1cc2sccc2s1. The summed E-state index contributed by atoms with van der Waals surface area (Å²) in [6, 6.07) is 8.31. The molecule has 3 rings (SSSR count). The lowest BCUT2D eigenvalue weighted by Crippen LogP contribution is -1.97. The van der Waals surface area contributed by atoms with Crippen LogP contribution < -0.4 is 0 Å². The van der Waals surface area contributed by atoms with Crippen molar-refractivity contribution in [3.8, 4) is 0 Å². The average Bonchev–Trinajstić information content (AvgIpc) is 2.92. The highest BCUT2D eigenvalue weighted by atomic mass is 79.9. The van der Waals surface area contributed by atoms with Gasteiger partial charge in [-0.3, -0.25) is 0 Å². The van der Waals surface area contributed by atoms with Crippen LogP contribution in [0.1, 0.15) is 15.9 Å². The zero-order valence-corrected chi connectivity index (χ0v) is 12.8. The fourth-order valence-corrected chi connectivity index (χ4v) is 5.33. The van der Waals surface area contributed by atoms with Crippen molar-refractivity contribution in [2.45, 2.75) is 12.5 Å². The van der Waals surface area contributed by atoms with Gasteiger partial charge in [0.1, 0.15) is 0 Å². The van der Waals surface area contributed by atoms with E-state index in [4.69, 9.17) is 0 Å². The Labute approximate surface area is 119 Å². The van der Waals surface area contributed by atoms with Crippen LogP contribution in [0.3, 0.4) is 0 Å². The summed E-state index contributed by atoms with van der Waals surface area (Å²) in [5.74, 6) is 0. The van der Waals surface area contributed by atoms with E-state index in [9.17, 15) is 5.11 Å². The van der Waals surface area contributed by atoms with Gasteiger partial charge in [-0.1, -0.05) is 0 Å². The Balaban J connectivity index is 1.82. The van der Waals surface area contributed by atoms with Crippen molar-refractivity contribution in [3.63, 3.8) is 0 Å². The molecule has 0 aliphatic rings. The van der Waals surface area contributed by atoms with Crippen LogP contribution in [0.15, 0.2) is 33.4 Å². The van der Waals surface area contributed by atoms with Gasteiger partial charge in [0.2, 0.25) is 0 Å². The molecule has 0 amide bonds. The van der Waals surface area contributed by atoms with Crippen molar-refractivity contribution in [1.29, 1.82) is 0 Å². The molecule has 0 fully saturated rings. The van der Waals surface area contributed by atoms with Crippen molar-refractivity contribution >= 4 is 59.3 Å². The van der Waals surface area contributed by atoms with Crippen molar-refractivity contribution < 1.29 is 5.11 Å². The molecule has 88 valence electrons. The van der Waals surface area contributed by atoms with E-state index in [1.54, 1.807) is 34.0 Å². The summed E-state index contributed by atoms with van der Waals surface area (Å²) in [4.78, 5) is 2.28. The molecule has 0 aliphatic heterocycles. The quantitative estimate of drug-likeness (QED) is 0.703. The monoisotopic (exact) mass is 344 g/mol. The van der Waals surface area contributed by atoms with Gasteiger partial charge in [-0.15, -0.1) is 34.0 Å². The zero-order chi connectivity index (χ0) is 11.8. The number of fused-ring (bicyclic) bond motifs is 1. The molecule has 0 spiro atoms. The van der Waals surface area contributed by atoms with Crippen LogP contribution in [0.25, 0.3) is 9.40 Å². The summed E-state index contributed by atoms with van der Waals surface area (Å²) < 4.78 is 3.67. The van der Waals surface area contributed by atoms with Gasteiger partial charge in [0.25, 0.3) is 0 Å². The third kappa shape index (κ3) is 2.48. The van der Waals surface area contributed by atoms with Gasteiger partial charge < -0.3 is 5.11 Å². The minimum atomic E-state index is -0.384. The molecule has 0 aliphatic carbocycles. The van der Waals surface area contributed by atoms with Gasteiger partial charge in [0.05, 0.1) is 9.89 Å². The molecule has 1 nitrogen and oxygen atoms in total. The molecule has 0 saturated heterocycles. The fourth-order valence-electron chi connectivity index (χ4n) is 1.70. The number of hydrogen-bond acceptors (Lipinski definition) is 4. The summed E-state index contributed by atoms with van der Waals surface area (Å²) in [5.41, 5.74) is 0. The predicted molar refractivity (Wildman–Crippen MR) is 80.4 cm³/mol. The summed E-state index contributed by atoms with van der Waals surface area (Å²) in [6.07, 6.45) is 0.314. The van der Waals surface area contributed by atoms with E-state index < -0.39 is 0 Å². The van der Waals surface area contributed by atoms with Crippen molar-refractivity contribution in [2.24, 2.45) is 0 Å². The van der Waals surface area contributed by atoms with Gasteiger partial charge in [0.15, 0.2) is 0 Å². The normalized spacial score (nSPS) is 13.3. The first kappa shape index (κ1) is 11.9. The lowest BCUT2D eigenvalue weighted by atomic mass is 10.2. The molecule has 0 bridgehead atoms. The molecule has 0 saturated carbocycles. The zero-order valence-electron chi connectivity index (χ0n) is 8.72. The smallest absolute Gasteiger partial charge is 0.0930 e. The van der Waals surface area contributed by atoms with Crippen LogP contribution in [-0.4, -0.2) is 5.11 Å². The third-order valence-electron chi connectivity index (χ3n) is 2.51. The second-order valence-corrected chi connectivity index (χ2v) is 8.33. The lowest BCUT2D eigenvalue weighted by Gasteiger charge is -2.05. The number of aliphatic hydroxyl groups excluding tert-OH is 1. The van der Waals surface area contributed by atoms with Gasteiger partial charge in [0, 0.05) is 25.6 Å². The lowest BCUT2D eigenvalue weighted by molar-refractivity contribution is 0.183. The molecule has 0 radical (unpaired) electrons. The molecular weight excluding hydrogens is 336 g/mol. The minimum Gasteiger partial charge on any atom is -0.387 e. The minimum absolute atomic E-state index is 0.384. The Morgan fingerprint density at radius 2 is 2.06 bits per heavy atom. The number of hydrogen-bond donors (Lipinski definition) is 1. The van der Waals surface area contributed by atoms with E-state index in [1.165, 1.54) is 14.3 Å². The Kier molecular flexibility index (Phi) is 3.36. The van der Waals surface area contributed by atoms with Gasteiger partial charge in [-0.05, 0) is 45.6 Å². The van der Waals surface area contributed by atoms with E-state index in [2.05, 4.69) is 39.5 Å². The molecule has 1 unspecified atom stereocenters. The van der Waals surface area contributed by atoms with Gasteiger partial charge in [-0.25, -0.2) is 0 Å². The highest BCUT2D eigenvalue weighted by molar-refractivity contribution is 9.11. The molecule has 0 aromatic carbocycles. The number of rotatable bonds is 3. The van der Waals surface area contributed by atoms with Crippen molar-refractivity contribution in [2.75, 3.05) is 0 Å². The van der Waals surface area contributed by atoms with Crippen LogP contribution in [0.5, 0.6) is 0 Å². The molecule has 3 heterocycles. The van der Waals surface area contributed by atoms with E-state index >= 15 is 0 Å². The second-order valence-electron chi connectivity index (χ2n) is 3.72. The highest BCUT2D eigenvalue weighted by Gasteiger charge is 2.13. The van der Waals surface area contributed by atoms with E-state index in [-0.39, 0.29) is 6.10 Å². The van der Waals surface area contributed by atoms with Crippen LogP contribution in [-0.2, 0) is 6.42 Å². The number of halogens is 1. The number of thiophene rings is 3. The van der Waals surface area contributed by atoms with Gasteiger partial charge in [-0.2, -0.15) is 0 Å². The highest BCUT2D eigenvalue weighted by Crippen LogP contribution is 2.35. The Hall–Kier alpha value is -0.200. The first-order valence-corrected chi connectivity index (χ1v) is 8.42. The molecule has 1 atom stereocenters. The molecule has 17 heavy (non-hydrogen) atoms. The maximum absolute atomic E-state index is 10.2. The van der Waals surface area contributed by atoms with E-state index in [0.29, 0.717) is 6.42 Å². The van der Waals surface area contributed by atoms with Crippen molar-refractivity contribution in [3.05, 3.63) is 43.2 Å². The molecular formula is C12H9BrOS3. The average molecular weight is 345 g/mol. The topological polar surface area (TPSA) is 20.2 Å². The van der Waals surface area contributed by atoms with Gasteiger partial charge >= 0.3 is 0 Å². The summed E-state index contributed by atoms with van der Waals surface area (Å²) >= 11 is 8.55. The Morgan fingerprint density at radius 3 is 2.76 bits per heavy atom. The van der Waals surface area contributed by atoms with Crippen LogP contribution in [0, 0.1) is 0 Å². The number of aliphatic hydroxyl groups is 1. The molecule has 3 aromatic rings.